The van der Waals surface area contributed by atoms with Crippen LogP contribution in [-0.4, -0.2) is 40.9 Å². The van der Waals surface area contributed by atoms with Gasteiger partial charge in [0, 0.05) is 17.8 Å². The summed E-state index contributed by atoms with van der Waals surface area (Å²) in [4.78, 5) is 6.89. The number of nitrogens with one attached hydrogen (secondary N) is 1. The lowest BCUT2D eigenvalue weighted by molar-refractivity contribution is 0.354. The van der Waals surface area contributed by atoms with Crippen molar-refractivity contribution in [2.45, 2.75) is 39.7 Å². The average Bonchev–Trinajstić information content (AvgIpc) is 3.33. The smallest absolute Gasteiger partial charge is 0.258 e. The number of unbranched alkanes of at least 4 members (excludes halogenated alkanes) is 1. The number of nitrogens with zero attached hydrogens (tertiary/aromatic N) is 3. The molecule has 1 atom stereocenters. The van der Waals surface area contributed by atoms with Gasteiger partial charge in [0.05, 0.1) is 25.8 Å². The standard InChI is InChI=1S/C26H30N4O3S/c1-6-7-14-30-17(3)22(25-28-24(29-33-25)18-10-8-16(2)9-11-18)23(27-26(30)34)19-12-13-20(31-4)21(15-19)32-5/h8-13,15,23H,6-7,14H2,1-5H3,(H,27,34). The van der Waals surface area contributed by atoms with Gasteiger partial charge in [-0.2, -0.15) is 4.98 Å². The van der Waals surface area contributed by atoms with Crippen molar-refractivity contribution in [1.29, 1.82) is 0 Å². The number of ether oxygens (including phenoxy) is 2. The number of hydrogen-bond donors (Lipinski definition) is 1. The largest absolute Gasteiger partial charge is 0.493 e. The van der Waals surface area contributed by atoms with Crippen molar-refractivity contribution < 1.29 is 14.0 Å². The second kappa shape index (κ2) is 10.3. The zero-order valence-corrected chi connectivity index (χ0v) is 21.0. The van der Waals surface area contributed by atoms with Crippen molar-refractivity contribution in [1.82, 2.24) is 20.4 Å². The number of benzene rings is 2. The first-order chi connectivity index (χ1) is 16.5. The van der Waals surface area contributed by atoms with Crippen LogP contribution in [0.5, 0.6) is 11.5 Å². The molecule has 1 aliphatic heterocycles. The van der Waals surface area contributed by atoms with Gasteiger partial charge >= 0.3 is 0 Å². The number of allylic oxidation sites excluding steroid dienone is 1. The molecule has 0 spiro atoms. The molecule has 0 aliphatic carbocycles. The van der Waals surface area contributed by atoms with Gasteiger partial charge < -0.3 is 24.2 Å². The van der Waals surface area contributed by atoms with E-state index in [9.17, 15) is 0 Å². The molecule has 2 heterocycles. The van der Waals surface area contributed by atoms with E-state index in [1.54, 1.807) is 14.2 Å². The molecule has 3 aromatic rings. The van der Waals surface area contributed by atoms with Crippen molar-refractivity contribution >= 4 is 22.9 Å². The van der Waals surface area contributed by atoms with Crippen LogP contribution < -0.4 is 14.8 Å². The van der Waals surface area contributed by atoms with Crippen LogP contribution in [0.1, 0.15) is 49.7 Å². The van der Waals surface area contributed by atoms with E-state index in [1.807, 2.05) is 42.5 Å². The van der Waals surface area contributed by atoms with Crippen molar-refractivity contribution in [2.75, 3.05) is 20.8 Å². The molecule has 1 N–H and O–H groups in total. The minimum Gasteiger partial charge on any atom is -0.493 e. The second-order valence-electron chi connectivity index (χ2n) is 8.29. The lowest BCUT2D eigenvalue weighted by Gasteiger charge is -2.37. The number of methoxy groups -OCH3 is 2. The molecule has 178 valence electrons. The van der Waals surface area contributed by atoms with E-state index in [0.29, 0.717) is 28.3 Å². The van der Waals surface area contributed by atoms with Crippen LogP contribution in [-0.2, 0) is 0 Å². The van der Waals surface area contributed by atoms with Crippen LogP contribution >= 0.6 is 12.2 Å². The summed E-state index contributed by atoms with van der Waals surface area (Å²) < 4.78 is 16.8. The van der Waals surface area contributed by atoms with Crippen molar-refractivity contribution in [3.63, 3.8) is 0 Å². The first kappa shape index (κ1) is 23.8. The highest BCUT2D eigenvalue weighted by molar-refractivity contribution is 7.80. The topological polar surface area (TPSA) is 72.7 Å². The molecular weight excluding hydrogens is 448 g/mol. The summed E-state index contributed by atoms with van der Waals surface area (Å²) in [6, 6.07) is 13.6. The normalized spacial score (nSPS) is 16.0. The summed E-state index contributed by atoms with van der Waals surface area (Å²) in [5, 5.41) is 8.44. The minimum atomic E-state index is -0.281. The Bertz CT molecular complexity index is 1200. The Balaban J connectivity index is 1.81. The van der Waals surface area contributed by atoms with Crippen molar-refractivity contribution in [3.05, 3.63) is 65.2 Å². The number of hydrogen-bond acceptors (Lipinski definition) is 6. The van der Waals surface area contributed by atoms with Gasteiger partial charge in [0.15, 0.2) is 16.6 Å². The zero-order valence-electron chi connectivity index (χ0n) is 20.2. The molecule has 0 saturated heterocycles. The first-order valence-electron chi connectivity index (χ1n) is 11.4. The predicted molar refractivity (Wildman–Crippen MR) is 137 cm³/mol. The van der Waals surface area contributed by atoms with Gasteiger partial charge in [0.2, 0.25) is 5.82 Å². The maximum Gasteiger partial charge on any atom is 0.258 e. The highest BCUT2D eigenvalue weighted by Gasteiger charge is 2.34. The molecule has 1 aliphatic rings. The summed E-state index contributed by atoms with van der Waals surface area (Å²) in [5.41, 5.74) is 4.93. The lowest BCUT2D eigenvalue weighted by Crippen LogP contribution is -2.46. The van der Waals surface area contributed by atoms with E-state index in [2.05, 4.69) is 36.1 Å². The van der Waals surface area contributed by atoms with E-state index < -0.39 is 0 Å². The van der Waals surface area contributed by atoms with Gasteiger partial charge in [-0.05, 0) is 50.2 Å². The van der Waals surface area contributed by atoms with Gasteiger partial charge in [-0.25, -0.2) is 0 Å². The first-order valence-corrected chi connectivity index (χ1v) is 11.8. The van der Waals surface area contributed by atoms with Crippen LogP contribution in [0.2, 0.25) is 0 Å². The Morgan fingerprint density at radius 2 is 1.79 bits per heavy atom. The van der Waals surface area contributed by atoms with Crippen LogP contribution in [0.3, 0.4) is 0 Å². The fourth-order valence-electron chi connectivity index (χ4n) is 4.08. The van der Waals surface area contributed by atoms with E-state index in [-0.39, 0.29) is 6.04 Å². The quantitative estimate of drug-likeness (QED) is 0.424. The lowest BCUT2D eigenvalue weighted by atomic mass is 9.94. The summed E-state index contributed by atoms with van der Waals surface area (Å²) in [6.07, 6.45) is 2.09. The molecule has 4 rings (SSSR count). The van der Waals surface area contributed by atoms with Gasteiger partial charge in [-0.15, -0.1) is 0 Å². The SMILES string of the molecule is CCCCN1C(=S)NC(c2ccc(OC)c(OC)c2)C(c2nc(-c3ccc(C)cc3)no2)=C1C. The maximum atomic E-state index is 5.82. The number of rotatable bonds is 8. The van der Waals surface area contributed by atoms with Crippen molar-refractivity contribution in [2.24, 2.45) is 0 Å². The summed E-state index contributed by atoms with van der Waals surface area (Å²) in [7, 11) is 3.25. The summed E-state index contributed by atoms with van der Waals surface area (Å²) in [5.74, 6) is 2.32. The third-order valence-corrected chi connectivity index (χ3v) is 6.38. The molecular formula is C26H30N4O3S. The van der Waals surface area contributed by atoms with Crippen LogP contribution in [0.4, 0.5) is 0 Å². The Kier molecular flexibility index (Phi) is 7.17. The summed E-state index contributed by atoms with van der Waals surface area (Å²) >= 11 is 5.76. The Labute approximate surface area is 205 Å². The van der Waals surface area contributed by atoms with Crippen LogP contribution in [0.15, 0.2) is 52.7 Å². The maximum absolute atomic E-state index is 5.82. The van der Waals surface area contributed by atoms with Crippen LogP contribution in [0, 0.1) is 6.92 Å². The molecule has 8 heteroatoms. The highest BCUT2D eigenvalue weighted by Crippen LogP contribution is 2.40. The molecule has 34 heavy (non-hydrogen) atoms. The average molecular weight is 479 g/mol. The Hall–Kier alpha value is -3.39. The third kappa shape index (κ3) is 4.63. The molecule has 0 bridgehead atoms. The molecule has 7 nitrogen and oxygen atoms in total. The predicted octanol–water partition coefficient (Wildman–Crippen LogP) is 5.52. The zero-order chi connectivity index (χ0) is 24.2. The Morgan fingerprint density at radius 1 is 1.06 bits per heavy atom. The van der Waals surface area contributed by atoms with Gasteiger partial charge in [0.1, 0.15) is 0 Å². The van der Waals surface area contributed by atoms with Gasteiger partial charge in [0.25, 0.3) is 5.89 Å². The van der Waals surface area contributed by atoms with Crippen LogP contribution in [0.25, 0.3) is 17.0 Å². The molecule has 0 saturated carbocycles. The molecule has 1 aromatic heterocycles. The molecule has 0 amide bonds. The molecule has 2 aromatic carbocycles. The molecule has 0 fully saturated rings. The Morgan fingerprint density at radius 3 is 2.47 bits per heavy atom. The van der Waals surface area contributed by atoms with E-state index in [4.69, 9.17) is 31.2 Å². The summed E-state index contributed by atoms with van der Waals surface area (Å²) in [6.45, 7) is 7.09. The fourth-order valence-corrected chi connectivity index (χ4v) is 4.43. The fraction of sp³-hybridized carbons (Fsp3) is 0.346. The van der Waals surface area contributed by atoms with E-state index in [1.165, 1.54) is 5.56 Å². The molecule has 0 radical (unpaired) electrons. The van der Waals surface area contributed by atoms with Gasteiger partial charge in [-0.3, -0.25) is 0 Å². The number of aromatic nitrogens is 2. The molecule has 1 unspecified atom stereocenters. The number of aryl methyl sites for hydroxylation is 1. The minimum absolute atomic E-state index is 0.281. The second-order valence-corrected chi connectivity index (χ2v) is 8.68. The van der Waals surface area contributed by atoms with Crippen molar-refractivity contribution in [3.8, 4) is 22.9 Å². The van der Waals surface area contributed by atoms with E-state index in [0.717, 1.165) is 41.8 Å². The third-order valence-electron chi connectivity index (χ3n) is 6.04. The van der Waals surface area contributed by atoms with E-state index >= 15 is 0 Å². The highest BCUT2D eigenvalue weighted by atomic mass is 32.1. The van der Waals surface area contributed by atoms with Gasteiger partial charge in [-0.1, -0.05) is 54.4 Å². The monoisotopic (exact) mass is 478 g/mol. The number of thiocarbonyl (C=S) groups is 1.